The van der Waals surface area contributed by atoms with Gasteiger partial charge < -0.3 is 29.2 Å². The molecule has 11 nitrogen and oxygen atoms in total. The van der Waals surface area contributed by atoms with Crippen molar-refractivity contribution in [1.82, 2.24) is 0 Å². The average molecular weight is 747 g/mol. The summed E-state index contributed by atoms with van der Waals surface area (Å²) in [6.45, 7) is 8.87. The standard InChI is InChI=1S/C18H26O5S.C10H18O4.C7H7ClO2S/c1-3-17(8-10-18(11-9-17)21-12-13-22-18)14-23-24(19,20)16-6-4-15(2)5-7-16;11-7-9(8-12)1-3-10(4-2-9)13-5-6-14-10;1-6-2-4-7(5-3-6)11(8,9)10/h4-7H,3,8-14H2,1-2H3;11-12H,1-8H2;2-5H,1H3. The van der Waals surface area contributed by atoms with Gasteiger partial charge in [0.15, 0.2) is 11.6 Å². The Morgan fingerprint density at radius 3 is 1.35 bits per heavy atom. The van der Waals surface area contributed by atoms with Crippen LogP contribution in [-0.4, -0.2) is 84.9 Å². The number of hydrogen-bond donors (Lipinski definition) is 2. The molecule has 6 rings (SSSR count). The van der Waals surface area contributed by atoms with Crippen molar-refractivity contribution in [2.45, 2.75) is 99.9 Å². The molecule has 2 aromatic rings. The Labute approximate surface area is 295 Å². The zero-order chi connectivity index (χ0) is 35.8. The predicted molar refractivity (Wildman–Crippen MR) is 184 cm³/mol. The van der Waals surface area contributed by atoms with E-state index < -0.39 is 30.7 Å². The number of ether oxygens (including phenoxy) is 4. The molecule has 14 heteroatoms. The van der Waals surface area contributed by atoms with Gasteiger partial charge in [0.25, 0.3) is 19.2 Å². The van der Waals surface area contributed by atoms with Gasteiger partial charge in [-0.15, -0.1) is 0 Å². The van der Waals surface area contributed by atoms with Crippen molar-refractivity contribution in [3.05, 3.63) is 59.7 Å². The second-order valence-electron chi connectivity index (χ2n) is 13.7. The highest BCUT2D eigenvalue weighted by Gasteiger charge is 2.47. The van der Waals surface area contributed by atoms with E-state index in [2.05, 4.69) is 6.92 Å². The summed E-state index contributed by atoms with van der Waals surface area (Å²) in [5.41, 5.74) is 1.60. The maximum atomic E-state index is 12.4. The number of halogens is 1. The average Bonchev–Trinajstić information content (AvgIpc) is 3.76. The normalized spacial score (nSPS) is 22.2. The molecule has 49 heavy (non-hydrogen) atoms. The molecule has 4 aliphatic rings. The smallest absolute Gasteiger partial charge is 0.296 e. The van der Waals surface area contributed by atoms with E-state index in [1.807, 2.05) is 13.8 Å². The molecule has 0 amide bonds. The fourth-order valence-electron chi connectivity index (χ4n) is 6.54. The molecule has 2 saturated heterocycles. The van der Waals surface area contributed by atoms with E-state index in [1.54, 1.807) is 36.4 Å². The van der Waals surface area contributed by atoms with Crippen molar-refractivity contribution in [1.29, 1.82) is 0 Å². The van der Waals surface area contributed by atoms with Gasteiger partial charge in [-0.05, 0) is 75.6 Å². The van der Waals surface area contributed by atoms with Crippen LogP contribution in [0, 0.1) is 24.7 Å². The molecular formula is C35H51ClO11S2. The van der Waals surface area contributed by atoms with Crippen LogP contribution in [0.1, 0.15) is 75.8 Å². The molecule has 2 heterocycles. The second kappa shape index (κ2) is 16.8. The van der Waals surface area contributed by atoms with E-state index in [-0.39, 0.29) is 40.4 Å². The van der Waals surface area contributed by atoms with Crippen molar-refractivity contribution in [3.63, 3.8) is 0 Å². The third-order valence-corrected chi connectivity index (χ3v) is 13.0. The summed E-state index contributed by atoms with van der Waals surface area (Å²) >= 11 is 0. The van der Waals surface area contributed by atoms with Gasteiger partial charge >= 0.3 is 0 Å². The Kier molecular flexibility index (Phi) is 13.7. The van der Waals surface area contributed by atoms with Crippen LogP contribution >= 0.6 is 10.7 Å². The third kappa shape index (κ3) is 10.7. The summed E-state index contributed by atoms with van der Waals surface area (Å²) in [5, 5.41) is 18.5. The van der Waals surface area contributed by atoms with Crippen LogP contribution in [0.5, 0.6) is 0 Å². The van der Waals surface area contributed by atoms with Crippen molar-refractivity contribution in [2.24, 2.45) is 10.8 Å². The number of benzene rings is 2. The van der Waals surface area contributed by atoms with Crippen molar-refractivity contribution in [3.8, 4) is 0 Å². The molecule has 0 unspecified atom stereocenters. The van der Waals surface area contributed by atoms with Crippen molar-refractivity contribution >= 4 is 29.9 Å². The minimum Gasteiger partial charge on any atom is -0.396 e. The molecule has 2 aliphatic carbocycles. The van der Waals surface area contributed by atoms with Crippen LogP contribution in [0.4, 0.5) is 0 Å². The number of aliphatic hydroxyl groups excluding tert-OH is 2. The second-order valence-corrected chi connectivity index (χ2v) is 17.8. The molecule has 2 saturated carbocycles. The molecule has 0 aromatic heterocycles. The molecule has 0 bridgehead atoms. The largest absolute Gasteiger partial charge is 0.396 e. The Balaban J connectivity index is 0.000000183. The highest BCUT2D eigenvalue weighted by molar-refractivity contribution is 8.13. The number of aliphatic hydroxyl groups is 2. The number of rotatable bonds is 8. The van der Waals surface area contributed by atoms with Crippen LogP contribution in [-0.2, 0) is 42.3 Å². The summed E-state index contributed by atoms with van der Waals surface area (Å²) in [6, 6.07) is 13.1. The quantitative estimate of drug-likeness (QED) is 0.256. The first kappa shape index (κ1) is 40.1. The van der Waals surface area contributed by atoms with Gasteiger partial charge in [-0.25, -0.2) is 8.42 Å². The van der Waals surface area contributed by atoms with E-state index in [0.717, 1.165) is 68.9 Å². The summed E-state index contributed by atoms with van der Waals surface area (Å²) in [4.78, 5) is 0.360. The molecule has 4 fully saturated rings. The van der Waals surface area contributed by atoms with Gasteiger partial charge in [0.1, 0.15) is 0 Å². The van der Waals surface area contributed by atoms with E-state index in [1.165, 1.54) is 12.1 Å². The lowest BCUT2D eigenvalue weighted by Crippen LogP contribution is -2.43. The topological polar surface area (TPSA) is 155 Å². The van der Waals surface area contributed by atoms with Crippen LogP contribution in [0.3, 0.4) is 0 Å². The van der Waals surface area contributed by atoms with Crippen LogP contribution in [0.15, 0.2) is 58.3 Å². The maximum absolute atomic E-state index is 12.4. The highest BCUT2D eigenvalue weighted by Crippen LogP contribution is 2.47. The molecule has 2 spiro atoms. The van der Waals surface area contributed by atoms with Gasteiger partial charge in [0.2, 0.25) is 0 Å². The minimum absolute atomic E-state index is 0.0551. The van der Waals surface area contributed by atoms with Gasteiger partial charge in [0.05, 0.1) is 56.0 Å². The molecular weight excluding hydrogens is 696 g/mol. The predicted octanol–water partition coefficient (Wildman–Crippen LogP) is 5.61. The maximum Gasteiger partial charge on any atom is 0.296 e. The highest BCUT2D eigenvalue weighted by atomic mass is 35.7. The van der Waals surface area contributed by atoms with E-state index in [0.29, 0.717) is 26.4 Å². The number of aryl methyl sites for hydroxylation is 2. The molecule has 2 aromatic carbocycles. The van der Waals surface area contributed by atoms with Gasteiger partial charge in [-0.2, -0.15) is 8.42 Å². The molecule has 2 aliphatic heterocycles. The number of hydrogen-bond acceptors (Lipinski definition) is 11. The van der Waals surface area contributed by atoms with Crippen LogP contribution < -0.4 is 0 Å². The Morgan fingerprint density at radius 2 is 1.00 bits per heavy atom. The van der Waals surface area contributed by atoms with Gasteiger partial charge in [-0.1, -0.05) is 42.3 Å². The monoisotopic (exact) mass is 746 g/mol. The van der Waals surface area contributed by atoms with Gasteiger partial charge in [-0.3, -0.25) is 4.18 Å². The van der Waals surface area contributed by atoms with Crippen molar-refractivity contribution < 1.29 is 50.2 Å². The lowest BCUT2D eigenvalue weighted by atomic mass is 9.71. The van der Waals surface area contributed by atoms with Crippen LogP contribution in [0.2, 0.25) is 0 Å². The summed E-state index contributed by atoms with van der Waals surface area (Å²) in [7, 11) is -2.18. The fourth-order valence-corrected chi connectivity index (χ4v) is 8.32. The van der Waals surface area contributed by atoms with E-state index in [9.17, 15) is 27.0 Å². The molecule has 276 valence electrons. The van der Waals surface area contributed by atoms with E-state index >= 15 is 0 Å². The van der Waals surface area contributed by atoms with Gasteiger partial charge in [0, 0.05) is 41.8 Å². The lowest BCUT2D eigenvalue weighted by Gasteiger charge is -2.42. The summed E-state index contributed by atoms with van der Waals surface area (Å²) in [5.74, 6) is -0.831. The minimum atomic E-state index is -3.71. The zero-order valence-corrected chi connectivity index (χ0v) is 31.1. The molecule has 0 radical (unpaired) electrons. The van der Waals surface area contributed by atoms with E-state index in [4.69, 9.17) is 33.8 Å². The SMILES string of the molecule is CCC1(COS(=O)(=O)c2ccc(C)cc2)CCC2(CC1)OCCO2.Cc1ccc(S(=O)(=O)Cl)cc1.OCC1(CO)CCC2(CC1)OCCO2. The Hall–Kier alpha value is -1.65. The summed E-state index contributed by atoms with van der Waals surface area (Å²) in [6.07, 6.45) is 7.32. The first-order valence-corrected chi connectivity index (χ1v) is 20.6. The molecule has 0 atom stereocenters. The Morgan fingerprint density at radius 1 is 0.633 bits per heavy atom. The Bertz CT molecular complexity index is 1520. The van der Waals surface area contributed by atoms with Crippen molar-refractivity contribution in [2.75, 3.05) is 46.2 Å². The van der Waals surface area contributed by atoms with Crippen LogP contribution in [0.25, 0.3) is 0 Å². The zero-order valence-electron chi connectivity index (χ0n) is 28.7. The lowest BCUT2D eigenvalue weighted by molar-refractivity contribution is -0.198. The first-order valence-electron chi connectivity index (χ1n) is 16.9. The molecule has 2 N–H and O–H groups in total. The summed E-state index contributed by atoms with van der Waals surface area (Å²) < 4.78 is 74.4. The third-order valence-electron chi connectivity index (χ3n) is 10.3. The first-order chi connectivity index (χ1) is 23.1. The fraction of sp³-hybridized carbons (Fsp3) is 0.657.